The summed E-state index contributed by atoms with van der Waals surface area (Å²) < 4.78 is 0. The van der Waals surface area contributed by atoms with Crippen molar-refractivity contribution in [3.8, 4) is 11.3 Å². The first-order chi connectivity index (χ1) is 12.7. The Labute approximate surface area is 155 Å². The van der Waals surface area contributed by atoms with E-state index in [9.17, 15) is 0 Å². The monoisotopic (exact) mass is 340 g/mol. The molecule has 0 amide bonds. The van der Waals surface area contributed by atoms with E-state index in [0.717, 1.165) is 17.7 Å². The van der Waals surface area contributed by atoms with Gasteiger partial charge in [-0.15, -0.1) is 0 Å². The SMILES string of the molecule is CC1=CCC(c2cnc(-c3ccccc3)cc2C)NC1c1ccccc1. The lowest BCUT2D eigenvalue weighted by atomic mass is 9.89. The molecular formula is C24H24N2. The number of nitrogens with zero attached hydrogens (tertiary/aromatic N) is 1. The fourth-order valence-electron chi connectivity index (χ4n) is 3.74. The molecule has 0 fully saturated rings. The Morgan fingerprint density at radius 2 is 1.62 bits per heavy atom. The van der Waals surface area contributed by atoms with Crippen molar-refractivity contribution < 1.29 is 0 Å². The standard InChI is InChI=1S/C24H24N2/c1-17-13-14-22(26-24(17)20-11-7-4-8-12-20)21-16-25-23(15-18(21)2)19-9-5-3-6-10-19/h3-13,15-16,22,24,26H,14H2,1-2H3. The molecule has 130 valence electrons. The molecule has 3 aromatic rings. The Balaban J connectivity index is 1.62. The summed E-state index contributed by atoms with van der Waals surface area (Å²) in [5.41, 5.74) is 7.48. The van der Waals surface area contributed by atoms with Gasteiger partial charge in [0, 0.05) is 17.8 Å². The summed E-state index contributed by atoms with van der Waals surface area (Å²) in [6, 6.07) is 23.8. The van der Waals surface area contributed by atoms with Gasteiger partial charge in [0.15, 0.2) is 0 Å². The number of rotatable bonds is 3. The molecule has 0 aliphatic carbocycles. The van der Waals surface area contributed by atoms with Crippen LogP contribution in [-0.4, -0.2) is 4.98 Å². The highest BCUT2D eigenvalue weighted by Crippen LogP contribution is 2.34. The van der Waals surface area contributed by atoms with Crippen LogP contribution in [-0.2, 0) is 0 Å². The van der Waals surface area contributed by atoms with Crippen LogP contribution < -0.4 is 5.32 Å². The van der Waals surface area contributed by atoms with Crippen molar-refractivity contribution in [2.24, 2.45) is 0 Å². The van der Waals surface area contributed by atoms with Crippen LogP contribution in [0.3, 0.4) is 0 Å². The Morgan fingerprint density at radius 1 is 0.923 bits per heavy atom. The summed E-state index contributed by atoms with van der Waals surface area (Å²) in [4.78, 5) is 4.74. The van der Waals surface area contributed by atoms with E-state index in [1.54, 1.807) is 0 Å². The molecule has 1 aliphatic rings. The summed E-state index contributed by atoms with van der Waals surface area (Å²) in [5.74, 6) is 0. The molecule has 2 heteroatoms. The van der Waals surface area contributed by atoms with Gasteiger partial charge in [0.1, 0.15) is 0 Å². The van der Waals surface area contributed by atoms with Crippen LogP contribution in [0, 0.1) is 6.92 Å². The van der Waals surface area contributed by atoms with Crippen molar-refractivity contribution in [3.05, 3.63) is 101 Å². The lowest BCUT2D eigenvalue weighted by Crippen LogP contribution is -2.31. The zero-order valence-electron chi connectivity index (χ0n) is 15.3. The van der Waals surface area contributed by atoms with Gasteiger partial charge in [-0.2, -0.15) is 0 Å². The van der Waals surface area contributed by atoms with Gasteiger partial charge in [0.2, 0.25) is 0 Å². The van der Waals surface area contributed by atoms with E-state index in [1.807, 2.05) is 12.3 Å². The highest BCUT2D eigenvalue weighted by atomic mass is 15.0. The van der Waals surface area contributed by atoms with Crippen LogP contribution in [0.15, 0.2) is 84.6 Å². The minimum atomic E-state index is 0.267. The van der Waals surface area contributed by atoms with Crippen molar-refractivity contribution in [2.45, 2.75) is 32.4 Å². The minimum Gasteiger partial charge on any atom is -0.299 e. The molecular weight excluding hydrogens is 316 g/mol. The van der Waals surface area contributed by atoms with E-state index in [4.69, 9.17) is 4.98 Å². The Bertz CT molecular complexity index is 913. The lowest BCUT2D eigenvalue weighted by molar-refractivity contribution is 0.455. The molecule has 2 nitrogen and oxygen atoms in total. The maximum atomic E-state index is 4.74. The maximum Gasteiger partial charge on any atom is 0.0704 e. The van der Waals surface area contributed by atoms with E-state index in [-0.39, 0.29) is 6.04 Å². The van der Waals surface area contributed by atoms with E-state index in [0.29, 0.717) is 6.04 Å². The minimum absolute atomic E-state index is 0.267. The molecule has 0 saturated heterocycles. The van der Waals surface area contributed by atoms with Gasteiger partial charge in [0.25, 0.3) is 0 Å². The van der Waals surface area contributed by atoms with Gasteiger partial charge >= 0.3 is 0 Å². The van der Waals surface area contributed by atoms with Crippen LogP contribution in [0.1, 0.15) is 42.1 Å². The third-order valence-corrected chi connectivity index (χ3v) is 5.23. The van der Waals surface area contributed by atoms with Crippen LogP contribution >= 0.6 is 0 Å². The third kappa shape index (κ3) is 3.33. The maximum absolute atomic E-state index is 4.74. The fraction of sp³-hybridized carbons (Fsp3) is 0.208. The Morgan fingerprint density at radius 3 is 2.31 bits per heavy atom. The smallest absolute Gasteiger partial charge is 0.0704 e. The molecule has 26 heavy (non-hydrogen) atoms. The number of hydrogen-bond donors (Lipinski definition) is 1. The lowest BCUT2D eigenvalue weighted by Gasteiger charge is -2.32. The van der Waals surface area contributed by atoms with E-state index >= 15 is 0 Å². The quantitative estimate of drug-likeness (QED) is 0.611. The second-order valence-corrected chi connectivity index (χ2v) is 7.04. The summed E-state index contributed by atoms with van der Waals surface area (Å²) >= 11 is 0. The van der Waals surface area contributed by atoms with Gasteiger partial charge in [-0.25, -0.2) is 0 Å². The molecule has 0 spiro atoms. The molecule has 2 heterocycles. The molecule has 2 unspecified atom stereocenters. The van der Waals surface area contributed by atoms with E-state index in [1.165, 1.54) is 22.3 Å². The number of benzene rings is 2. The van der Waals surface area contributed by atoms with Crippen LogP contribution in [0.5, 0.6) is 0 Å². The number of hydrogen-bond acceptors (Lipinski definition) is 2. The summed E-state index contributed by atoms with van der Waals surface area (Å²) in [5, 5.41) is 3.83. The summed E-state index contributed by atoms with van der Waals surface area (Å²) in [6.07, 6.45) is 5.41. The largest absolute Gasteiger partial charge is 0.299 e. The van der Waals surface area contributed by atoms with Gasteiger partial charge in [0.05, 0.1) is 11.7 Å². The first-order valence-corrected chi connectivity index (χ1v) is 9.22. The summed E-state index contributed by atoms with van der Waals surface area (Å²) in [6.45, 7) is 4.40. The van der Waals surface area contributed by atoms with E-state index in [2.05, 4.69) is 85.9 Å². The highest BCUT2D eigenvalue weighted by Gasteiger charge is 2.24. The number of nitrogens with one attached hydrogen (secondary N) is 1. The average molecular weight is 340 g/mol. The number of aromatic nitrogens is 1. The second kappa shape index (κ2) is 7.27. The van der Waals surface area contributed by atoms with Gasteiger partial charge < -0.3 is 0 Å². The van der Waals surface area contributed by atoms with Crippen molar-refractivity contribution >= 4 is 0 Å². The predicted molar refractivity (Wildman–Crippen MR) is 108 cm³/mol. The fourth-order valence-corrected chi connectivity index (χ4v) is 3.74. The van der Waals surface area contributed by atoms with E-state index < -0.39 is 0 Å². The van der Waals surface area contributed by atoms with Crippen LogP contribution in [0.2, 0.25) is 0 Å². The van der Waals surface area contributed by atoms with Gasteiger partial charge in [-0.1, -0.05) is 72.3 Å². The topological polar surface area (TPSA) is 24.9 Å². The zero-order chi connectivity index (χ0) is 17.9. The zero-order valence-corrected chi connectivity index (χ0v) is 15.3. The molecule has 0 bridgehead atoms. The molecule has 2 aromatic carbocycles. The third-order valence-electron chi connectivity index (χ3n) is 5.23. The molecule has 4 rings (SSSR count). The predicted octanol–water partition coefficient (Wildman–Crippen LogP) is 5.78. The van der Waals surface area contributed by atoms with Crippen molar-refractivity contribution in [2.75, 3.05) is 0 Å². The molecule has 1 N–H and O–H groups in total. The first kappa shape index (κ1) is 16.7. The molecule has 1 aromatic heterocycles. The van der Waals surface area contributed by atoms with Crippen molar-refractivity contribution in [1.82, 2.24) is 10.3 Å². The van der Waals surface area contributed by atoms with Crippen LogP contribution in [0.25, 0.3) is 11.3 Å². The highest BCUT2D eigenvalue weighted by molar-refractivity contribution is 5.60. The number of aryl methyl sites for hydroxylation is 1. The molecule has 0 radical (unpaired) electrons. The normalized spacial score (nSPS) is 19.8. The van der Waals surface area contributed by atoms with Crippen molar-refractivity contribution in [3.63, 3.8) is 0 Å². The Kier molecular flexibility index (Phi) is 4.68. The van der Waals surface area contributed by atoms with Crippen molar-refractivity contribution in [1.29, 1.82) is 0 Å². The molecule has 1 aliphatic heterocycles. The van der Waals surface area contributed by atoms with Gasteiger partial charge in [-0.3, -0.25) is 10.3 Å². The second-order valence-electron chi connectivity index (χ2n) is 7.04. The Hall–Kier alpha value is -2.71. The van der Waals surface area contributed by atoms with Crippen LogP contribution in [0.4, 0.5) is 0 Å². The average Bonchev–Trinajstić information content (AvgIpc) is 2.70. The van der Waals surface area contributed by atoms with Gasteiger partial charge in [-0.05, 0) is 43.0 Å². The first-order valence-electron chi connectivity index (χ1n) is 9.22. The molecule has 2 atom stereocenters. The summed E-state index contributed by atoms with van der Waals surface area (Å²) in [7, 11) is 0. The molecule has 0 saturated carbocycles. The number of pyridine rings is 1.